The van der Waals surface area contributed by atoms with E-state index in [-0.39, 0.29) is 24.8 Å². The van der Waals surface area contributed by atoms with E-state index in [9.17, 15) is 5.11 Å². The quantitative estimate of drug-likeness (QED) is 0.544. The lowest BCUT2D eigenvalue weighted by Gasteiger charge is -2.10. The normalized spacial score (nSPS) is 14.1. The van der Waals surface area contributed by atoms with Crippen molar-refractivity contribution in [2.45, 2.75) is 52.2 Å². The predicted octanol–water partition coefficient (Wildman–Crippen LogP) is 5.00. The first-order valence-electron chi connectivity index (χ1n) is 11.1. The number of rotatable bonds is 6. The van der Waals surface area contributed by atoms with Crippen LogP contribution in [0.1, 0.15) is 60.2 Å². The fraction of sp³-hybridized carbons (Fsp3) is 0.333. The Balaban J connectivity index is 1.74. The molecule has 1 unspecified atom stereocenters. The molecule has 0 radical (unpaired) electrons. The van der Waals surface area contributed by atoms with Crippen LogP contribution in [-0.4, -0.2) is 20.7 Å². The van der Waals surface area contributed by atoms with Gasteiger partial charge in [-0.3, -0.25) is 0 Å². The number of aliphatic hydroxyl groups is 1. The number of nitrogen functional groups attached to an aromatic ring is 1. The molecule has 0 saturated carbocycles. The maximum absolute atomic E-state index is 9.78. The van der Waals surface area contributed by atoms with Crippen molar-refractivity contribution in [2.24, 2.45) is 0 Å². The first kappa shape index (κ1) is 17.9. The van der Waals surface area contributed by atoms with Crippen molar-refractivity contribution in [3.8, 4) is 28.0 Å². The zero-order chi connectivity index (χ0) is 24.2. The number of aromatic nitrogens is 2. The molecule has 30 heavy (non-hydrogen) atoms. The van der Waals surface area contributed by atoms with E-state index >= 15 is 0 Å². The summed E-state index contributed by atoms with van der Waals surface area (Å²) in [6.07, 6.45) is 3.45. The molecule has 156 valence electrons. The number of pyridine rings is 1. The molecule has 3 N–H and O–H groups in total. The summed E-state index contributed by atoms with van der Waals surface area (Å²) in [5.74, 6) is 6.31. The second-order valence-electron chi connectivity index (χ2n) is 7.57. The fourth-order valence-electron chi connectivity index (χ4n) is 2.57. The third kappa shape index (κ3) is 5.82. The molecule has 0 aliphatic rings. The molecule has 1 atom stereocenters. The van der Waals surface area contributed by atoms with E-state index in [1.54, 1.807) is 26.2 Å². The third-order valence-electron chi connectivity index (χ3n) is 4.25. The van der Waals surface area contributed by atoms with Crippen LogP contribution in [-0.2, 0) is 6.61 Å². The SMILES string of the molecule is [2H]C([2H])([2H])CC(C)c1ncc(-c2cnc(N)c(OCc3cccc(C#CC(C)(C)O)c3)c2)s1. The first-order chi connectivity index (χ1) is 15.4. The summed E-state index contributed by atoms with van der Waals surface area (Å²) < 4.78 is 28.3. The lowest BCUT2D eigenvalue weighted by Crippen LogP contribution is -2.14. The zero-order valence-corrected chi connectivity index (χ0v) is 18.1. The number of anilines is 1. The van der Waals surface area contributed by atoms with Crippen molar-refractivity contribution in [3.05, 3.63) is 58.9 Å². The number of hydrogen-bond acceptors (Lipinski definition) is 6. The van der Waals surface area contributed by atoms with Gasteiger partial charge in [0.2, 0.25) is 0 Å². The molecule has 0 aliphatic heterocycles. The summed E-state index contributed by atoms with van der Waals surface area (Å²) in [7, 11) is 0. The average Bonchev–Trinajstić information content (AvgIpc) is 3.21. The maximum Gasteiger partial charge on any atom is 0.166 e. The third-order valence-corrected chi connectivity index (χ3v) is 5.53. The van der Waals surface area contributed by atoms with Crippen LogP contribution in [0.4, 0.5) is 5.82 Å². The summed E-state index contributed by atoms with van der Waals surface area (Å²) in [6.45, 7) is 3.42. The van der Waals surface area contributed by atoms with E-state index in [1.165, 1.54) is 11.3 Å². The lowest BCUT2D eigenvalue weighted by atomic mass is 10.1. The van der Waals surface area contributed by atoms with E-state index < -0.39 is 12.5 Å². The van der Waals surface area contributed by atoms with Crippen LogP contribution in [0.15, 0.2) is 42.7 Å². The van der Waals surface area contributed by atoms with Crippen molar-refractivity contribution in [1.29, 1.82) is 0 Å². The highest BCUT2D eigenvalue weighted by Crippen LogP contribution is 2.33. The number of nitrogens with two attached hydrogens (primary N) is 1. The van der Waals surface area contributed by atoms with E-state index in [0.717, 1.165) is 26.6 Å². The Morgan fingerprint density at radius 3 is 2.90 bits per heavy atom. The minimum absolute atomic E-state index is 0.0769. The van der Waals surface area contributed by atoms with Crippen LogP contribution in [0, 0.1) is 11.8 Å². The Morgan fingerprint density at radius 2 is 2.13 bits per heavy atom. The molecule has 0 saturated heterocycles. The second kappa shape index (κ2) is 9.29. The molecule has 0 bridgehead atoms. The molecular formula is C24H27N3O2S. The van der Waals surface area contributed by atoms with Crippen molar-refractivity contribution in [2.75, 3.05) is 5.73 Å². The molecule has 3 rings (SSSR count). The van der Waals surface area contributed by atoms with Crippen LogP contribution in [0.5, 0.6) is 5.75 Å². The molecule has 0 spiro atoms. The minimum Gasteiger partial charge on any atom is -0.485 e. The molecule has 0 amide bonds. The van der Waals surface area contributed by atoms with Gasteiger partial charge in [-0.25, -0.2) is 9.97 Å². The number of ether oxygens (including phenoxy) is 1. The van der Waals surface area contributed by atoms with Gasteiger partial charge in [-0.15, -0.1) is 11.3 Å². The highest BCUT2D eigenvalue weighted by Gasteiger charge is 2.12. The Bertz CT molecular complexity index is 1170. The van der Waals surface area contributed by atoms with Gasteiger partial charge in [-0.05, 0) is 44.0 Å². The smallest absolute Gasteiger partial charge is 0.166 e. The van der Waals surface area contributed by atoms with E-state index in [4.69, 9.17) is 14.6 Å². The first-order valence-corrected chi connectivity index (χ1v) is 10.4. The number of nitrogens with zero attached hydrogens (tertiary/aromatic N) is 2. The number of thiazole rings is 1. The van der Waals surface area contributed by atoms with Crippen LogP contribution in [0.2, 0.25) is 0 Å². The van der Waals surface area contributed by atoms with Gasteiger partial charge in [-0.1, -0.05) is 37.7 Å². The second-order valence-corrected chi connectivity index (χ2v) is 8.64. The van der Waals surface area contributed by atoms with Gasteiger partial charge < -0.3 is 15.6 Å². The summed E-state index contributed by atoms with van der Waals surface area (Å²) in [4.78, 5) is 9.52. The van der Waals surface area contributed by atoms with Crippen LogP contribution in [0.3, 0.4) is 0 Å². The van der Waals surface area contributed by atoms with Crippen LogP contribution >= 0.6 is 11.3 Å². The molecular weight excluding hydrogens is 394 g/mol. The van der Waals surface area contributed by atoms with Crippen LogP contribution in [0.25, 0.3) is 10.4 Å². The van der Waals surface area contributed by atoms with Crippen molar-refractivity contribution in [1.82, 2.24) is 9.97 Å². The molecule has 0 aliphatic carbocycles. The van der Waals surface area contributed by atoms with Gasteiger partial charge in [0, 0.05) is 33.6 Å². The highest BCUT2D eigenvalue weighted by molar-refractivity contribution is 7.15. The molecule has 6 heteroatoms. The topological polar surface area (TPSA) is 81.3 Å². The van der Waals surface area contributed by atoms with E-state index in [1.807, 2.05) is 37.3 Å². The Morgan fingerprint density at radius 1 is 1.30 bits per heavy atom. The molecule has 1 aromatic carbocycles. The summed E-state index contributed by atoms with van der Waals surface area (Å²) in [5, 5.41) is 10.6. The predicted molar refractivity (Wildman–Crippen MR) is 122 cm³/mol. The van der Waals surface area contributed by atoms with Gasteiger partial charge in [0.1, 0.15) is 12.2 Å². The van der Waals surface area contributed by atoms with Crippen molar-refractivity contribution < 1.29 is 14.0 Å². The van der Waals surface area contributed by atoms with Gasteiger partial charge in [0.05, 0.1) is 9.88 Å². The van der Waals surface area contributed by atoms with Gasteiger partial charge in [0.25, 0.3) is 0 Å². The Hall–Kier alpha value is -2.88. The van der Waals surface area contributed by atoms with Crippen molar-refractivity contribution >= 4 is 17.2 Å². The molecule has 3 aromatic rings. The molecule has 0 fully saturated rings. The largest absolute Gasteiger partial charge is 0.485 e. The Labute approximate surface area is 186 Å². The number of benzene rings is 1. The number of hydrogen-bond donors (Lipinski definition) is 2. The minimum atomic E-state index is -1.99. The van der Waals surface area contributed by atoms with Gasteiger partial charge in [0.15, 0.2) is 11.6 Å². The van der Waals surface area contributed by atoms with Gasteiger partial charge >= 0.3 is 0 Å². The Kier molecular flexibility index (Phi) is 5.55. The van der Waals surface area contributed by atoms with E-state index in [2.05, 4.69) is 21.8 Å². The summed E-state index contributed by atoms with van der Waals surface area (Å²) in [5.41, 5.74) is 7.44. The summed E-state index contributed by atoms with van der Waals surface area (Å²) in [6, 6.07) is 9.38. The van der Waals surface area contributed by atoms with Gasteiger partial charge in [-0.2, -0.15) is 0 Å². The highest BCUT2D eigenvalue weighted by atomic mass is 32.1. The molecule has 2 heterocycles. The average molecular weight is 425 g/mol. The summed E-state index contributed by atoms with van der Waals surface area (Å²) >= 11 is 1.44. The monoisotopic (exact) mass is 424 g/mol. The molecule has 5 nitrogen and oxygen atoms in total. The zero-order valence-electron chi connectivity index (χ0n) is 20.3. The van der Waals surface area contributed by atoms with Crippen LogP contribution < -0.4 is 10.5 Å². The van der Waals surface area contributed by atoms with E-state index in [0.29, 0.717) is 5.75 Å². The molecule has 2 aromatic heterocycles. The standard InChI is InChI=1S/C24H27N3O2S/c1-5-16(2)23-27-14-21(30-23)19-12-20(22(25)26-13-19)29-15-18-8-6-7-17(11-18)9-10-24(3,4)28/h6-8,11-14,16,28H,5,15H2,1-4H3,(H2,25,26)/i1D3. The fourth-order valence-corrected chi connectivity index (χ4v) is 3.52. The maximum atomic E-state index is 9.78. The van der Waals surface area contributed by atoms with Crippen molar-refractivity contribution in [3.63, 3.8) is 0 Å². The lowest BCUT2D eigenvalue weighted by molar-refractivity contribution is 0.143.